The second kappa shape index (κ2) is 10.5. The van der Waals surface area contributed by atoms with Gasteiger partial charge in [-0.3, -0.25) is 0 Å². The molecule has 0 aliphatic rings. The zero-order valence-corrected chi connectivity index (χ0v) is 25.3. The lowest BCUT2D eigenvalue weighted by Crippen LogP contribution is -2.10. The van der Waals surface area contributed by atoms with Gasteiger partial charge in [0, 0.05) is 43.3 Å². The van der Waals surface area contributed by atoms with E-state index in [1.165, 1.54) is 58.8 Å². The molecule has 0 unspecified atom stereocenters. The van der Waals surface area contributed by atoms with E-state index < -0.39 is 0 Å². The van der Waals surface area contributed by atoms with Crippen LogP contribution in [0.25, 0.3) is 58.8 Å². The Kier molecular flexibility index (Phi) is 6.03. The molecule has 0 N–H and O–H groups in total. The zero-order chi connectivity index (χ0) is 29.7. The van der Waals surface area contributed by atoms with Gasteiger partial charge in [-0.25, -0.2) is 0 Å². The maximum Gasteiger partial charge on any atom is 0.0640 e. The van der Waals surface area contributed by atoms with Crippen LogP contribution in [0, 0.1) is 0 Å². The fraction of sp³-hybridized carbons (Fsp3) is 0. The molecule has 2 aromatic heterocycles. The Bertz CT molecular complexity index is 2430. The van der Waals surface area contributed by atoms with Crippen molar-refractivity contribution in [3.63, 3.8) is 0 Å². The number of para-hydroxylation sites is 2. The molecule has 0 bridgehead atoms. The standard InChI is InChI=1S/C42H28N2S/c1-2-12-29(13-3-1)30-14-10-15-33(28-30)43(40-22-11-19-37-36-18-6-9-23-41(36)45-42(37)40)31-24-26-32(27-25-31)44-38-20-7-4-16-34(38)35-17-5-8-21-39(35)44/h1-28H. The molecule has 9 rings (SSSR count). The van der Waals surface area contributed by atoms with Gasteiger partial charge >= 0.3 is 0 Å². The van der Waals surface area contributed by atoms with Gasteiger partial charge < -0.3 is 9.47 Å². The summed E-state index contributed by atoms with van der Waals surface area (Å²) in [5.41, 5.74) is 9.42. The van der Waals surface area contributed by atoms with E-state index in [9.17, 15) is 0 Å². The van der Waals surface area contributed by atoms with Crippen molar-refractivity contribution in [2.75, 3.05) is 4.90 Å². The van der Waals surface area contributed by atoms with Crippen molar-refractivity contribution in [3.8, 4) is 16.8 Å². The number of aromatic nitrogens is 1. The van der Waals surface area contributed by atoms with Crippen molar-refractivity contribution >= 4 is 70.4 Å². The summed E-state index contributed by atoms with van der Waals surface area (Å²) in [6.07, 6.45) is 0. The van der Waals surface area contributed by atoms with Crippen molar-refractivity contribution in [3.05, 3.63) is 170 Å². The number of fused-ring (bicyclic) bond motifs is 6. The third kappa shape index (κ3) is 4.24. The Morgan fingerprint density at radius 3 is 1.78 bits per heavy atom. The normalized spacial score (nSPS) is 11.6. The molecule has 212 valence electrons. The minimum Gasteiger partial charge on any atom is -0.309 e. The Hall–Kier alpha value is -5.64. The first-order valence-electron chi connectivity index (χ1n) is 15.3. The summed E-state index contributed by atoms with van der Waals surface area (Å²) in [7, 11) is 0. The fourth-order valence-electron chi connectivity index (χ4n) is 6.74. The summed E-state index contributed by atoms with van der Waals surface area (Å²) in [4.78, 5) is 2.42. The van der Waals surface area contributed by atoms with E-state index >= 15 is 0 Å². The second-order valence-corrected chi connectivity index (χ2v) is 12.4. The van der Waals surface area contributed by atoms with Gasteiger partial charge in [0.2, 0.25) is 0 Å². The summed E-state index contributed by atoms with van der Waals surface area (Å²) < 4.78 is 4.97. The van der Waals surface area contributed by atoms with E-state index in [0.717, 1.165) is 17.1 Å². The van der Waals surface area contributed by atoms with Crippen LogP contribution in [-0.4, -0.2) is 4.57 Å². The summed E-state index contributed by atoms with van der Waals surface area (Å²) in [5, 5.41) is 5.14. The first kappa shape index (κ1) is 25.8. The number of benzene rings is 7. The third-order valence-electron chi connectivity index (χ3n) is 8.78. The molecule has 0 aliphatic carbocycles. The van der Waals surface area contributed by atoms with Crippen molar-refractivity contribution in [1.29, 1.82) is 0 Å². The Labute approximate surface area is 265 Å². The summed E-state index contributed by atoms with van der Waals surface area (Å²) in [6.45, 7) is 0. The Balaban J connectivity index is 1.25. The van der Waals surface area contributed by atoms with Crippen molar-refractivity contribution < 1.29 is 0 Å². The molecule has 0 radical (unpaired) electrons. The number of rotatable bonds is 5. The van der Waals surface area contributed by atoms with E-state index in [-0.39, 0.29) is 0 Å². The van der Waals surface area contributed by atoms with Crippen LogP contribution in [0.15, 0.2) is 170 Å². The van der Waals surface area contributed by atoms with Crippen molar-refractivity contribution in [2.45, 2.75) is 0 Å². The van der Waals surface area contributed by atoms with Gasteiger partial charge in [-0.2, -0.15) is 0 Å². The summed E-state index contributed by atoms with van der Waals surface area (Å²) in [6, 6.07) is 61.4. The number of hydrogen-bond acceptors (Lipinski definition) is 2. The third-order valence-corrected chi connectivity index (χ3v) is 9.99. The molecule has 2 heterocycles. The highest BCUT2D eigenvalue weighted by Crippen LogP contribution is 2.45. The van der Waals surface area contributed by atoms with Crippen LogP contribution < -0.4 is 4.90 Å². The molecular weight excluding hydrogens is 565 g/mol. The summed E-state index contributed by atoms with van der Waals surface area (Å²) >= 11 is 1.86. The van der Waals surface area contributed by atoms with Gasteiger partial charge in [0.1, 0.15) is 0 Å². The molecule has 0 fully saturated rings. The van der Waals surface area contributed by atoms with Crippen LogP contribution in [-0.2, 0) is 0 Å². The van der Waals surface area contributed by atoms with E-state index in [2.05, 4.69) is 179 Å². The minimum atomic E-state index is 1.12. The highest BCUT2D eigenvalue weighted by atomic mass is 32.1. The molecular formula is C42H28N2S. The first-order chi connectivity index (χ1) is 22.3. The molecule has 0 saturated carbocycles. The van der Waals surface area contributed by atoms with Gasteiger partial charge in [-0.1, -0.05) is 109 Å². The predicted molar refractivity (Wildman–Crippen MR) is 194 cm³/mol. The first-order valence-corrected chi connectivity index (χ1v) is 16.1. The molecule has 0 amide bonds. The monoisotopic (exact) mass is 592 g/mol. The zero-order valence-electron chi connectivity index (χ0n) is 24.5. The molecule has 0 spiro atoms. The minimum absolute atomic E-state index is 1.12. The van der Waals surface area contributed by atoms with E-state index in [0.29, 0.717) is 0 Å². The molecule has 9 aromatic rings. The van der Waals surface area contributed by atoms with Crippen LogP contribution in [0.5, 0.6) is 0 Å². The topological polar surface area (TPSA) is 8.17 Å². The van der Waals surface area contributed by atoms with E-state index in [1.807, 2.05) is 11.3 Å². The number of hydrogen-bond donors (Lipinski definition) is 0. The van der Waals surface area contributed by atoms with Crippen molar-refractivity contribution in [2.24, 2.45) is 0 Å². The van der Waals surface area contributed by atoms with Gasteiger partial charge in [0.05, 0.1) is 21.4 Å². The lowest BCUT2D eigenvalue weighted by atomic mass is 10.0. The maximum atomic E-state index is 2.42. The molecule has 0 aliphatic heterocycles. The number of nitrogens with zero attached hydrogens (tertiary/aromatic N) is 2. The Morgan fingerprint density at radius 1 is 0.422 bits per heavy atom. The number of anilines is 3. The van der Waals surface area contributed by atoms with Gasteiger partial charge in [0.25, 0.3) is 0 Å². The van der Waals surface area contributed by atoms with Crippen LogP contribution in [0.1, 0.15) is 0 Å². The Morgan fingerprint density at radius 2 is 1.02 bits per heavy atom. The average Bonchev–Trinajstić information content (AvgIpc) is 3.66. The maximum absolute atomic E-state index is 2.42. The smallest absolute Gasteiger partial charge is 0.0640 e. The average molecular weight is 593 g/mol. The quantitative estimate of drug-likeness (QED) is 0.193. The van der Waals surface area contributed by atoms with Crippen LogP contribution in [0.4, 0.5) is 17.1 Å². The van der Waals surface area contributed by atoms with E-state index in [1.54, 1.807) is 0 Å². The number of thiophene rings is 1. The second-order valence-electron chi connectivity index (χ2n) is 11.4. The molecule has 7 aromatic carbocycles. The van der Waals surface area contributed by atoms with Crippen molar-refractivity contribution in [1.82, 2.24) is 4.57 Å². The lowest BCUT2D eigenvalue weighted by molar-refractivity contribution is 1.17. The van der Waals surface area contributed by atoms with Crippen LogP contribution >= 0.6 is 11.3 Å². The molecule has 0 saturated heterocycles. The summed E-state index contributed by atoms with van der Waals surface area (Å²) in [5.74, 6) is 0. The largest absolute Gasteiger partial charge is 0.309 e. The highest BCUT2D eigenvalue weighted by molar-refractivity contribution is 7.26. The molecule has 3 heteroatoms. The highest BCUT2D eigenvalue weighted by Gasteiger charge is 2.19. The molecule has 2 nitrogen and oxygen atoms in total. The lowest BCUT2D eigenvalue weighted by Gasteiger charge is -2.27. The van der Waals surface area contributed by atoms with Crippen LogP contribution in [0.3, 0.4) is 0 Å². The molecule has 45 heavy (non-hydrogen) atoms. The van der Waals surface area contributed by atoms with Gasteiger partial charge in [-0.05, 0) is 71.8 Å². The van der Waals surface area contributed by atoms with Crippen LogP contribution in [0.2, 0.25) is 0 Å². The SMILES string of the molecule is c1ccc(-c2cccc(N(c3ccc(-n4c5ccccc5c5ccccc54)cc3)c3cccc4c3sc3ccccc34)c2)cc1. The fourth-order valence-corrected chi connectivity index (χ4v) is 7.95. The van der Waals surface area contributed by atoms with E-state index in [4.69, 9.17) is 0 Å². The predicted octanol–water partition coefficient (Wildman–Crippen LogP) is 12.3. The molecule has 0 atom stereocenters. The van der Waals surface area contributed by atoms with Gasteiger partial charge in [0.15, 0.2) is 0 Å². The van der Waals surface area contributed by atoms with Gasteiger partial charge in [-0.15, -0.1) is 11.3 Å².